The molecule has 1 aliphatic heterocycles. The minimum Gasteiger partial charge on any atom is -0.379 e. The van der Waals surface area contributed by atoms with Gasteiger partial charge in [0.1, 0.15) is 0 Å². The maximum atomic E-state index is 13.5. The molecule has 4 nitrogen and oxygen atoms in total. The Labute approximate surface area is 149 Å². The van der Waals surface area contributed by atoms with E-state index in [0.717, 1.165) is 24.2 Å². The van der Waals surface area contributed by atoms with Crippen LogP contribution in [0.5, 0.6) is 0 Å². The minimum atomic E-state index is -1.07. The van der Waals surface area contributed by atoms with Crippen molar-refractivity contribution in [3.05, 3.63) is 71.8 Å². The number of morpholine rings is 1. The Bertz CT molecular complexity index is 627. The molecular weight excluding hydrogens is 314 g/mol. The third kappa shape index (κ3) is 3.82. The van der Waals surface area contributed by atoms with Gasteiger partial charge in [0.2, 0.25) is 0 Å². The number of nitrogens with zero attached hydrogens (tertiary/aromatic N) is 1. The zero-order valence-electron chi connectivity index (χ0n) is 14.7. The van der Waals surface area contributed by atoms with Crippen molar-refractivity contribution in [1.82, 2.24) is 4.90 Å². The second-order valence-electron chi connectivity index (χ2n) is 6.16. The lowest BCUT2D eigenvalue weighted by Gasteiger charge is -2.36. The van der Waals surface area contributed by atoms with E-state index in [4.69, 9.17) is 9.47 Å². The van der Waals surface area contributed by atoms with E-state index in [2.05, 4.69) is 4.90 Å². The van der Waals surface area contributed by atoms with Crippen LogP contribution in [0.1, 0.15) is 18.1 Å². The van der Waals surface area contributed by atoms with Gasteiger partial charge in [0.05, 0.1) is 19.8 Å². The van der Waals surface area contributed by atoms with E-state index >= 15 is 0 Å². The standard InChI is InChI=1S/C21H25NO3/c1-2-25-21(18-9-5-3-6-10-18,19-11-7-4-8-12-19)20(23)17-22-13-15-24-16-14-22/h3-12H,2,13-17H2,1H3. The topological polar surface area (TPSA) is 38.8 Å². The summed E-state index contributed by atoms with van der Waals surface area (Å²) in [6, 6.07) is 19.6. The van der Waals surface area contributed by atoms with Gasteiger partial charge in [0.25, 0.3) is 0 Å². The van der Waals surface area contributed by atoms with Crippen molar-refractivity contribution in [2.75, 3.05) is 39.5 Å². The minimum absolute atomic E-state index is 0.0636. The van der Waals surface area contributed by atoms with Gasteiger partial charge >= 0.3 is 0 Å². The molecule has 0 N–H and O–H groups in total. The van der Waals surface area contributed by atoms with Crippen LogP contribution in [0.2, 0.25) is 0 Å². The molecular formula is C21H25NO3. The van der Waals surface area contributed by atoms with Gasteiger partial charge in [-0.2, -0.15) is 0 Å². The Morgan fingerprint density at radius 1 is 1.00 bits per heavy atom. The molecule has 0 radical (unpaired) electrons. The number of carbonyl (C=O) groups is 1. The fraction of sp³-hybridized carbons (Fsp3) is 0.381. The summed E-state index contributed by atoms with van der Waals surface area (Å²) in [6.45, 7) is 5.64. The van der Waals surface area contributed by atoms with Crippen LogP contribution in [0.15, 0.2) is 60.7 Å². The first-order valence-corrected chi connectivity index (χ1v) is 8.85. The summed E-state index contributed by atoms with van der Waals surface area (Å²) in [6.07, 6.45) is 0. The lowest BCUT2D eigenvalue weighted by molar-refractivity contribution is -0.142. The lowest BCUT2D eigenvalue weighted by atomic mass is 9.82. The Morgan fingerprint density at radius 2 is 1.52 bits per heavy atom. The monoisotopic (exact) mass is 339 g/mol. The molecule has 2 aromatic carbocycles. The molecule has 1 heterocycles. The molecule has 0 aromatic heterocycles. The largest absolute Gasteiger partial charge is 0.379 e. The zero-order valence-corrected chi connectivity index (χ0v) is 14.7. The fourth-order valence-corrected chi connectivity index (χ4v) is 3.37. The Balaban J connectivity index is 2.02. The summed E-state index contributed by atoms with van der Waals surface area (Å²) in [5.74, 6) is 0.0636. The second kappa shape index (κ2) is 8.39. The van der Waals surface area contributed by atoms with Gasteiger partial charge in [0.15, 0.2) is 11.4 Å². The highest BCUT2D eigenvalue weighted by Gasteiger charge is 2.43. The van der Waals surface area contributed by atoms with Crippen molar-refractivity contribution in [2.45, 2.75) is 12.5 Å². The molecule has 0 atom stereocenters. The molecule has 2 aromatic rings. The van der Waals surface area contributed by atoms with Crippen LogP contribution in [0.25, 0.3) is 0 Å². The highest BCUT2D eigenvalue weighted by Crippen LogP contribution is 2.35. The summed E-state index contributed by atoms with van der Waals surface area (Å²) >= 11 is 0. The van der Waals surface area contributed by atoms with Crippen molar-refractivity contribution in [3.63, 3.8) is 0 Å². The predicted octanol–water partition coefficient (Wildman–Crippen LogP) is 2.87. The van der Waals surface area contributed by atoms with E-state index in [1.807, 2.05) is 67.6 Å². The maximum Gasteiger partial charge on any atom is 0.187 e. The number of benzene rings is 2. The molecule has 0 saturated carbocycles. The Kier molecular flexibility index (Phi) is 5.97. The number of ether oxygens (including phenoxy) is 2. The van der Waals surface area contributed by atoms with Crippen LogP contribution in [0, 0.1) is 0 Å². The SMILES string of the molecule is CCOC(C(=O)CN1CCOCC1)(c1ccccc1)c1ccccc1. The van der Waals surface area contributed by atoms with Crippen molar-refractivity contribution >= 4 is 5.78 Å². The number of carbonyl (C=O) groups excluding carboxylic acids is 1. The highest BCUT2D eigenvalue weighted by atomic mass is 16.5. The quantitative estimate of drug-likeness (QED) is 0.777. The van der Waals surface area contributed by atoms with Gasteiger partial charge < -0.3 is 9.47 Å². The Hall–Kier alpha value is -2.01. The maximum absolute atomic E-state index is 13.5. The van der Waals surface area contributed by atoms with Crippen LogP contribution >= 0.6 is 0 Å². The van der Waals surface area contributed by atoms with Gasteiger partial charge in [-0.3, -0.25) is 9.69 Å². The summed E-state index contributed by atoms with van der Waals surface area (Å²) in [7, 11) is 0. The third-order valence-corrected chi connectivity index (χ3v) is 4.59. The smallest absolute Gasteiger partial charge is 0.187 e. The van der Waals surface area contributed by atoms with Crippen LogP contribution in [-0.4, -0.2) is 50.1 Å². The van der Waals surface area contributed by atoms with E-state index in [1.165, 1.54) is 0 Å². The predicted molar refractivity (Wildman–Crippen MR) is 97.6 cm³/mol. The average molecular weight is 339 g/mol. The van der Waals surface area contributed by atoms with Gasteiger partial charge in [-0.1, -0.05) is 60.7 Å². The van der Waals surface area contributed by atoms with E-state index in [1.54, 1.807) is 0 Å². The Morgan fingerprint density at radius 3 is 2.00 bits per heavy atom. The number of Topliss-reactive ketones (excluding diaryl/α,β-unsaturated/α-hetero) is 1. The highest BCUT2D eigenvalue weighted by molar-refractivity contribution is 5.93. The van der Waals surface area contributed by atoms with E-state index < -0.39 is 5.60 Å². The summed E-state index contributed by atoms with van der Waals surface area (Å²) in [4.78, 5) is 15.7. The molecule has 0 aliphatic carbocycles. The zero-order chi connectivity index (χ0) is 17.5. The van der Waals surface area contributed by atoms with Crippen LogP contribution < -0.4 is 0 Å². The van der Waals surface area contributed by atoms with Crippen molar-refractivity contribution in [1.29, 1.82) is 0 Å². The molecule has 1 aliphatic rings. The van der Waals surface area contributed by atoms with Crippen LogP contribution in [0.3, 0.4) is 0 Å². The molecule has 1 fully saturated rings. The number of hydrogen-bond acceptors (Lipinski definition) is 4. The summed E-state index contributed by atoms with van der Waals surface area (Å²) in [5, 5.41) is 0. The van der Waals surface area contributed by atoms with Gasteiger partial charge in [0, 0.05) is 19.7 Å². The molecule has 3 rings (SSSR count). The van der Waals surface area contributed by atoms with Crippen molar-refractivity contribution in [3.8, 4) is 0 Å². The van der Waals surface area contributed by atoms with E-state index in [0.29, 0.717) is 26.4 Å². The normalized spacial score (nSPS) is 15.9. The van der Waals surface area contributed by atoms with Gasteiger partial charge in [-0.05, 0) is 18.1 Å². The molecule has 0 spiro atoms. The molecule has 25 heavy (non-hydrogen) atoms. The number of rotatable bonds is 7. The fourth-order valence-electron chi connectivity index (χ4n) is 3.37. The number of hydrogen-bond donors (Lipinski definition) is 0. The first-order chi connectivity index (χ1) is 12.3. The average Bonchev–Trinajstić information content (AvgIpc) is 2.68. The van der Waals surface area contributed by atoms with Gasteiger partial charge in [-0.25, -0.2) is 0 Å². The molecule has 4 heteroatoms. The van der Waals surface area contributed by atoms with E-state index in [-0.39, 0.29) is 5.78 Å². The second-order valence-corrected chi connectivity index (χ2v) is 6.16. The summed E-state index contributed by atoms with van der Waals surface area (Å²) < 4.78 is 11.6. The third-order valence-electron chi connectivity index (χ3n) is 4.59. The number of ketones is 1. The van der Waals surface area contributed by atoms with E-state index in [9.17, 15) is 4.79 Å². The van der Waals surface area contributed by atoms with Crippen molar-refractivity contribution < 1.29 is 14.3 Å². The van der Waals surface area contributed by atoms with Crippen molar-refractivity contribution in [2.24, 2.45) is 0 Å². The van der Waals surface area contributed by atoms with Crippen LogP contribution in [0.4, 0.5) is 0 Å². The lowest BCUT2D eigenvalue weighted by Crippen LogP contribution is -2.48. The first kappa shape index (κ1) is 17.8. The first-order valence-electron chi connectivity index (χ1n) is 8.85. The molecule has 1 saturated heterocycles. The summed E-state index contributed by atoms with van der Waals surface area (Å²) in [5.41, 5.74) is 0.679. The molecule has 0 unspecified atom stereocenters. The molecule has 132 valence electrons. The molecule has 0 amide bonds. The molecule has 0 bridgehead atoms. The van der Waals surface area contributed by atoms with Crippen LogP contribution in [-0.2, 0) is 19.9 Å². The van der Waals surface area contributed by atoms with Gasteiger partial charge in [-0.15, -0.1) is 0 Å².